The van der Waals surface area contributed by atoms with Crippen LogP contribution in [0.5, 0.6) is 0 Å². The van der Waals surface area contributed by atoms with E-state index in [1.165, 1.54) is 29.2 Å². The summed E-state index contributed by atoms with van der Waals surface area (Å²) in [7, 11) is 0. The highest BCUT2D eigenvalue weighted by atomic mass is 14.5. The third-order valence-electron chi connectivity index (χ3n) is 3.01. The highest BCUT2D eigenvalue weighted by Crippen LogP contribution is 2.43. The van der Waals surface area contributed by atoms with E-state index in [-0.39, 0.29) is 0 Å². The number of fused-ring (bicyclic) bond motifs is 1. The summed E-state index contributed by atoms with van der Waals surface area (Å²) < 4.78 is 0. The number of benzene rings is 2. The molecule has 0 unspecified atom stereocenters. The molecular formula is C13H13N. The van der Waals surface area contributed by atoms with Crippen molar-refractivity contribution in [3.63, 3.8) is 0 Å². The molecule has 2 N–H and O–H groups in total. The summed E-state index contributed by atoms with van der Waals surface area (Å²) in [5, 5.41) is 2.55. The van der Waals surface area contributed by atoms with Gasteiger partial charge in [0.05, 0.1) is 0 Å². The molecule has 0 aliphatic heterocycles. The fraction of sp³-hybridized carbons (Fsp3) is 0.231. The van der Waals surface area contributed by atoms with Gasteiger partial charge in [0, 0.05) is 11.1 Å². The smallest absolute Gasteiger partial charge is 0.0393 e. The van der Waals surface area contributed by atoms with E-state index in [9.17, 15) is 0 Å². The largest absolute Gasteiger partial charge is 0.398 e. The number of nitrogens with two attached hydrogens (primary N) is 1. The Bertz CT molecular complexity index is 484. The molecule has 0 bridgehead atoms. The maximum atomic E-state index is 5.95. The Morgan fingerprint density at radius 1 is 0.929 bits per heavy atom. The van der Waals surface area contributed by atoms with Gasteiger partial charge in [0.25, 0.3) is 0 Å². The highest BCUT2D eigenvalue weighted by Gasteiger charge is 2.24. The Morgan fingerprint density at radius 2 is 1.64 bits per heavy atom. The van der Waals surface area contributed by atoms with E-state index in [2.05, 4.69) is 24.3 Å². The van der Waals surface area contributed by atoms with Crippen LogP contribution in [0.4, 0.5) is 5.69 Å². The Morgan fingerprint density at radius 3 is 2.43 bits per heavy atom. The van der Waals surface area contributed by atoms with Gasteiger partial charge >= 0.3 is 0 Å². The Hall–Kier alpha value is -1.50. The third-order valence-corrected chi connectivity index (χ3v) is 3.01. The Kier molecular flexibility index (Phi) is 1.54. The minimum Gasteiger partial charge on any atom is -0.398 e. The van der Waals surface area contributed by atoms with Crippen LogP contribution in [0, 0.1) is 0 Å². The van der Waals surface area contributed by atoms with Crippen LogP contribution in [0.15, 0.2) is 36.4 Å². The van der Waals surface area contributed by atoms with Crippen LogP contribution in [-0.2, 0) is 0 Å². The predicted molar refractivity (Wildman–Crippen MR) is 60.3 cm³/mol. The lowest BCUT2D eigenvalue weighted by molar-refractivity contribution is 1.15. The van der Waals surface area contributed by atoms with Gasteiger partial charge in [0.15, 0.2) is 0 Å². The zero-order valence-corrected chi connectivity index (χ0v) is 8.03. The SMILES string of the molecule is Nc1cccc2c(C3CC3)cccc12. The maximum absolute atomic E-state index is 5.95. The van der Waals surface area contributed by atoms with Gasteiger partial charge < -0.3 is 5.73 Å². The van der Waals surface area contributed by atoms with Crippen molar-refractivity contribution in [1.82, 2.24) is 0 Å². The second-order valence-corrected chi connectivity index (χ2v) is 4.06. The summed E-state index contributed by atoms with van der Waals surface area (Å²) in [5.41, 5.74) is 8.32. The van der Waals surface area contributed by atoms with Crippen molar-refractivity contribution in [2.75, 3.05) is 5.73 Å². The van der Waals surface area contributed by atoms with Crippen LogP contribution in [0.1, 0.15) is 24.3 Å². The zero-order chi connectivity index (χ0) is 9.54. The van der Waals surface area contributed by atoms with Gasteiger partial charge in [0.2, 0.25) is 0 Å². The topological polar surface area (TPSA) is 26.0 Å². The average Bonchev–Trinajstić information content (AvgIpc) is 3.01. The van der Waals surface area contributed by atoms with Gasteiger partial charge in [-0.3, -0.25) is 0 Å². The molecule has 1 fully saturated rings. The van der Waals surface area contributed by atoms with Gasteiger partial charge in [-0.2, -0.15) is 0 Å². The summed E-state index contributed by atoms with van der Waals surface area (Å²) in [4.78, 5) is 0. The molecule has 1 aliphatic rings. The lowest BCUT2D eigenvalue weighted by Crippen LogP contribution is -1.89. The van der Waals surface area contributed by atoms with Crippen molar-refractivity contribution in [2.24, 2.45) is 0 Å². The normalized spacial score (nSPS) is 16.0. The monoisotopic (exact) mass is 183 g/mol. The molecular weight excluding hydrogens is 170 g/mol. The Labute approximate surface area is 83.5 Å². The molecule has 0 saturated heterocycles. The third kappa shape index (κ3) is 1.09. The molecule has 0 heterocycles. The molecule has 1 saturated carbocycles. The van der Waals surface area contributed by atoms with Crippen molar-refractivity contribution in [2.45, 2.75) is 18.8 Å². The molecule has 0 amide bonds. The van der Waals surface area contributed by atoms with Gasteiger partial charge in [-0.05, 0) is 35.8 Å². The quantitative estimate of drug-likeness (QED) is 0.674. The van der Waals surface area contributed by atoms with E-state index in [0.29, 0.717) is 0 Å². The standard InChI is InChI=1S/C13H13N/c14-13-6-2-4-11-10(9-7-8-9)3-1-5-12(11)13/h1-6,9H,7-8,14H2. The van der Waals surface area contributed by atoms with Gasteiger partial charge in [-0.15, -0.1) is 0 Å². The van der Waals surface area contributed by atoms with Crippen molar-refractivity contribution >= 4 is 16.5 Å². The van der Waals surface area contributed by atoms with Gasteiger partial charge in [-0.1, -0.05) is 30.3 Å². The fourth-order valence-electron chi connectivity index (χ4n) is 2.11. The first-order chi connectivity index (χ1) is 6.86. The van der Waals surface area contributed by atoms with Crippen molar-refractivity contribution in [3.8, 4) is 0 Å². The minimum atomic E-state index is 0.792. The summed E-state index contributed by atoms with van der Waals surface area (Å²) in [6.45, 7) is 0. The van der Waals surface area contributed by atoms with E-state index in [1.807, 2.05) is 12.1 Å². The molecule has 0 radical (unpaired) electrons. The van der Waals surface area contributed by atoms with E-state index in [0.717, 1.165) is 11.6 Å². The van der Waals surface area contributed by atoms with Gasteiger partial charge in [0.1, 0.15) is 0 Å². The lowest BCUT2D eigenvalue weighted by atomic mass is 10.0. The van der Waals surface area contributed by atoms with Gasteiger partial charge in [-0.25, -0.2) is 0 Å². The number of nitrogen functional groups attached to an aromatic ring is 1. The Balaban J connectivity index is 2.35. The molecule has 1 heteroatoms. The molecule has 0 spiro atoms. The lowest BCUT2D eigenvalue weighted by Gasteiger charge is -2.06. The van der Waals surface area contributed by atoms with Crippen LogP contribution in [0.25, 0.3) is 10.8 Å². The van der Waals surface area contributed by atoms with Crippen LogP contribution >= 0.6 is 0 Å². The summed E-state index contributed by atoms with van der Waals surface area (Å²) in [6.07, 6.45) is 2.68. The van der Waals surface area contributed by atoms with Crippen molar-refractivity contribution in [3.05, 3.63) is 42.0 Å². The molecule has 1 nitrogen and oxygen atoms in total. The summed E-state index contributed by atoms with van der Waals surface area (Å²) >= 11 is 0. The highest BCUT2D eigenvalue weighted by molar-refractivity contribution is 5.95. The van der Waals surface area contributed by atoms with E-state index >= 15 is 0 Å². The molecule has 0 atom stereocenters. The molecule has 2 aromatic rings. The molecule has 14 heavy (non-hydrogen) atoms. The molecule has 1 aliphatic carbocycles. The molecule has 3 rings (SSSR count). The molecule has 2 aromatic carbocycles. The number of hydrogen-bond donors (Lipinski definition) is 1. The second kappa shape index (κ2) is 2.74. The fourth-order valence-corrected chi connectivity index (χ4v) is 2.11. The number of rotatable bonds is 1. The number of hydrogen-bond acceptors (Lipinski definition) is 1. The van der Waals surface area contributed by atoms with Crippen molar-refractivity contribution in [1.29, 1.82) is 0 Å². The first kappa shape index (κ1) is 7.86. The van der Waals surface area contributed by atoms with Crippen LogP contribution in [-0.4, -0.2) is 0 Å². The predicted octanol–water partition coefficient (Wildman–Crippen LogP) is 3.30. The van der Waals surface area contributed by atoms with Crippen LogP contribution in [0.3, 0.4) is 0 Å². The molecule has 0 aromatic heterocycles. The van der Waals surface area contributed by atoms with Crippen LogP contribution < -0.4 is 5.73 Å². The first-order valence-corrected chi connectivity index (χ1v) is 5.13. The number of anilines is 1. The second-order valence-electron chi connectivity index (χ2n) is 4.06. The van der Waals surface area contributed by atoms with E-state index < -0.39 is 0 Å². The summed E-state index contributed by atoms with van der Waals surface area (Å²) in [6, 6.07) is 12.7. The van der Waals surface area contributed by atoms with Crippen molar-refractivity contribution < 1.29 is 0 Å². The first-order valence-electron chi connectivity index (χ1n) is 5.13. The van der Waals surface area contributed by atoms with Crippen LogP contribution in [0.2, 0.25) is 0 Å². The van der Waals surface area contributed by atoms with E-state index in [1.54, 1.807) is 0 Å². The molecule has 70 valence electrons. The maximum Gasteiger partial charge on any atom is 0.0393 e. The summed E-state index contributed by atoms with van der Waals surface area (Å²) in [5.74, 6) is 0.792. The minimum absolute atomic E-state index is 0.792. The zero-order valence-electron chi connectivity index (χ0n) is 8.03. The van der Waals surface area contributed by atoms with E-state index in [4.69, 9.17) is 5.73 Å². The average molecular weight is 183 g/mol.